The normalized spacial score (nSPS) is 12.0. The van der Waals surface area contributed by atoms with Crippen molar-refractivity contribution >= 4 is 16.8 Å². The molecule has 1 atom stereocenters. The van der Waals surface area contributed by atoms with Crippen LogP contribution in [0.5, 0.6) is 0 Å². The Balaban J connectivity index is 1.72. The Morgan fingerprint density at radius 2 is 1.60 bits per heavy atom. The Morgan fingerprint density at radius 3 is 2.29 bits per heavy atom. The van der Waals surface area contributed by atoms with Gasteiger partial charge in [-0.15, -0.1) is 0 Å². The third kappa shape index (κ3) is 5.35. The molecule has 1 unspecified atom stereocenters. The van der Waals surface area contributed by atoms with Crippen molar-refractivity contribution in [1.29, 1.82) is 0 Å². The zero-order valence-corrected chi connectivity index (χ0v) is 20.8. The Labute approximate surface area is 207 Å². The van der Waals surface area contributed by atoms with Gasteiger partial charge in [-0.2, -0.15) is 0 Å². The molecule has 180 valence electrons. The smallest absolute Gasteiger partial charge is 0.261 e. The molecule has 5 nitrogen and oxygen atoms in total. The quantitative estimate of drug-likeness (QED) is 0.303. The molecule has 5 heteroatoms. The average Bonchev–Trinajstić information content (AvgIpc) is 2.90. The SMILES string of the molecule is CCCCc1ccc(C(=O)N(CC)C(C)c2nc3ccccc3c(=O)n2Cc2ccccc2)cc1. The van der Waals surface area contributed by atoms with E-state index < -0.39 is 0 Å². The van der Waals surface area contributed by atoms with Crippen LogP contribution in [-0.2, 0) is 13.0 Å². The predicted octanol–water partition coefficient (Wildman–Crippen LogP) is 6.01. The van der Waals surface area contributed by atoms with Crippen LogP contribution in [0.4, 0.5) is 0 Å². The summed E-state index contributed by atoms with van der Waals surface area (Å²) in [5.74, 6) is 0.531. The van der Waals surface area contributed by atoms with Gasteiger partial charge in [-0.25, -0.2) is 4.98 Å². The molecule has 0 radical (unpaired) electrons. The minimum atomic E-state index is -0.381. The van der Waals surface area contributed by atoms with Gasteiger partial charge in [-0.05, 0) is 62.1 Å². The number of nitrogens with zero attached hydrogens (tertiary/aromatic N) is 3. The lowest BCUT2D eigenvalue weighted by Crippen LogP contribution is -2.38. The molecular weight excluding hydrogens is 434 g/mol. The minimum absolute atomic E-state index is 0.0595. The van der Waals surface area contributed by atoms with Gasteiger partial charge in [0, 0.05) is 12.1 Å². The van der Waals surface area contributed by atoms with E-state index in [9.17, 15) is 9.59 Å². The molecule has 0 aliphatic carbocycles. The molecule has 4 rings (SSSR count). The summed E-state index contributed by atoms with van der Waals surface area (Å²) < 4.78 is 1.71. The summed E-state index contributed by atoms with van der Waals surface area (Å²) in [4.78, 5) is 33.8. The zero-order chi connectivity index (χ0) is 24.8. The summed E-state index contributed by atoms with van der Waals surface area (Å²) in [6.07, 6.45) is 3.30. The van der Waals surface area contributed by atoms with Crippen LogP contribution in [0.1, 0.15) is 67.0 Å². The number of carbonyl (C=O) groups excluding carboxylic acids is 1. The second-order valence-corrected chi connectivity index (χ2v) is 8.93. The first-order chi connectivity index (χ1) is 17.0. The highest BCUT2D eigenvalue weighted by molar-refractivity contribution is 5.94. The fraction of sp³-hybridized carbons (Fsp3) is 0.300. The number of rotatable bonds is 9. The monoisotopic (exact) mass is 467 g/mol. The molecule has 0 N–H and O–H groups in total. The molecule has 3 aromatic carbocycles. The summed E-state index contributed by atoms with van der Waals surface area (Å²) in [6, 6.07) is 24.8. The van der Waals surface area contributed by atoms with Crippen LogP contribution < -0.4 is 5.56 Å². The van der Waals surface area contributed by atoms with Gasteiger partial charge < -0.3 is 4.90 Å². The van der Waals surface area contributed by atoms with Crippen LogP contribution in [0.3, 0.4) is 0 Å². The van der Waals surface area contributed by atoms with Gasteiger partial charge in [0.05, 0.1) is 23.5 Å². The van der Waals surface area contributed by atoms with Crippen LogP contribution >= 0.6 is 0 Å². The van der Waals surface area contributed by atoms with E-state index in [4.69, 9.17) is 4.98 Å². The van der Waals surface area contributed by atoms with E-state index in [1.54, 1.807) is 9.47 Å². The number of hydrogen-bond donors (Lipinski definition) is 0. The lowest BCUT2D eigenvalue weighted by molar-refractivity contribution is 0.0691. The van der Waals surface area contributed by atoms with E-state index in [0.717, 1.165) is 24.8 Å². The predicted molar refractivity (Wildman–Crippen MR) is 142 cm³/mol. The van der Waals surface area contributed by atoms with Gasteiger partial charge in [-0.3, -0.25) is 14.2 Å². The van der Waals surface area contributed by atoms with Crippen molar-refractivity contribution in [2.45, 2.75) is 52.6 Å². The number of aromatic nitrogens is 2. The van der Waals surface area contributed by atoms with E-state index in [1.807, 2.05) is 92.7 Å². The van der Waals surface area contributed by atoms with Crippen molar-refractivity contribution in [2.24, 2.45) is 0 Å². The highest BCUT2D eigenvalue weighted by Crippen LogP contribution is 2.23. The molecule has 1 aromatic heterocycles. The first-order valence-corrected chi connectivity index (χ1v) is 12.5. The van der Waals surface area contributed by atoms with E-state index >= 15 is 0 Å². The molecule has 0 aliphatic heterocycles. The Kier molecular flexibility index (Phi) is 7.76. The first kappa shape index (κ1) is 24.4. The summed E-state index contributed by atoms with van der Waals surface area (Å²) in [6.45, 7) is 7.00. The van der Waals surface area contributed by atoms with Crippen molar-refractivity contribution in [1.82, 2.24) is 14.5 Å². The molecule has 0 spiro atoms. The standard InChI is InChI=1S/C30H33N3O2/c1-4-6-12-23-17-19-25(20-18-23)29(34)32(5-2)22(3)28-31-27-16-11-10-15-26(27)30(35)33(28)21-24-13-8-7-9-14-24/h7-11,13-20,22H,4-6,12,21H2,1-3H3. The van der Waals surface area contributed by atoms with Crippen molar-refractivity contribution in [2.75, 3.05) is 6.54 Å². The van der Waals surface area contributed by atoms with Gasteiger partial charge in [0.1, 0.15) is 5.82 Å². The maximum absolute atomic E-state index is 13.6. The lowest BCUT2D eigenvalue weighted by Gasteiger charge is -2.29. The van der Waals surface area contributed by atoms with Crippen LogP contribution in [0, 0.1) is 0 Å². The number of amides is 1. The number of benzene rings is 3. The highest BCUT2D eigenvalue weighted by atomic mass is 16.2. The van der Waals surface area contributed by atoms with Gasteiger partial charge in [0.15, 0.2) is 0 Å². The van der Waals surface area contributed by atoms with Crippen molar-refractivity contribution in [3.05, 3.63) is 112 Å². The molecule has 0 bridgehead atoms. The number of unbranched alkanes of at least 4 members (excludes halogenated alkanes) is 1. The third-order valence-corrected chi connectivity index (χ3v) is 6.54. The lowest BCUT2D eigenvalue weighted by atomic mass is 10.1. The molecule has 35 heavy (non-hydrogen) atoms. The molecular formula is C30H33N3O2. The summed E-state index contributed by atoms with van der Waals surface area (Å²) in [5, 5.41) is 0.580. The van der Waals surface area contributed by atoms with E-state index in [2.05, 4.69) is 6.92 Å². The minimum Gasteiger partial charge on any atom is -0.329 e. The van der Waals surface area contributed by atoms with Crippen molar-refractivity contribution in [3.63, 3.8) is 0 Å². The molecule has 0 aliphatic rings. The average molecular weight is 468 g/mol. The first-order valence-electron chi connectivity index (χ1n) is 12.5. The second-order valence-electron chi connectivity index (χ2n) is 8.93. The van der Waals surface area contributed by atoms with Crippen LogP contribution in [0.15, 0.2) is 83.7 Å². The van der Waals surface area contributed by atoms with E-state index in [-0.39, 0.29) is 17.5 Å². The largest absolute Gasteiger partial charge is 0.329 e. The maximum Gasteiger partial charge on any atom is 0.261 e. The molecule has 0 fully saturated rings. The maximum atomic E-state index is 13.6. The van der Waals surface area contributed by atoms with Gasteiger partial charge >= 0.3 is 0 Å². The summed E-state index contributed by atoms with van der Waals surface area (Å²) in [7, 11) is 0. The Hall–Kier alpha value is -3.73. The fourth-order valence-electron chi connectivity index (χ4n) is 4.52. The number of hydrogen-bond acceptors (Lipinski definition) is 3. The van der Waals surface area contributed by atoms with E-state index in [0.29, 0.717) is 35.4 Å². The third-order valence-electron chi connectivity index (χ3n) is 6.54. The molecule has 4 aromatic rings. The van der Waals surface area contributed by atoms with Crippen LogP contribution in [0.2, 0.25) is 0 Å². The van der Waals surface area contributed by atoms with E-state index in [1.165, 1.54) is 5.56 Å². The summed E-state index contributed by atoms with van der Waals surface area (Å²) >= 11 is 0. The van der Waals surface area contributed by atoms with Gasteiger partial charge in [0.2, 0.25) is 0 Å². The van der Waals surface area contributed by atoms with Crippen molar-refractivity contribution in [3.8, 4) is 0 Å². The Morgan fingerprint density at radius 1 is 0.914 bits per heavy atom. The molecule has 1 amide bonds. The molecule has 0 saturated carbocycles. The van der Waals surface area contributed by atoms with Gasteiger partial charge in [-0.1, -0.05) is 67.9 Å². The van der Waals surface area contributed by atoms with Crippen LogP contribution in [-0.4, -0.2) is 26.9 Å². The summed E-state index contributed by atoms with van der Waals surface area (Å²) in [5.41, 5.74) is 3.46. The number of aryl methyl sites for hydroxylation is 1. The topological polar surface area (TPSA) is 55.2 Å². The van der Waals surface area contributed by atoms with Crippen LogP contribution in [0.25, 0.3) is 10.9 Å². The molecule has 0 saturated heterocycles. The van der Waals surface area contributed by atoms with Crippen molar-refractivity contribution < 1.29 is 4.79 Å². The Bertz CT molecular complexity index is 1340. The van der Waals surface area contributed by atoms with Gasteiger partial charge in [0.25, 0.3) is 11.5 Å². The number of para-hydroxylation sites is 1. The second kappa shape index (κ2) is 11.1. The highest BCUT2D eigenvalue weighted by Gasteiger charge is 2.26. The zero-order valence-electron chi connectivity index (χ0n) is 20.8. The number of fused-ring (bicyclic) bond motifs is 1. The fourth-order valence-corrected chi connectivity index (χ4v) is 4.52. The molecule has 1 heterocycles. The number of carbonyl (C=O) groups is 1.